The zero-order valence-electron chi connectivity index (χ0n) is 14.8. The van der Waals surface area contributed by atoms with Crippen molar-refractivity contribution >= 4 is 47.2 Å². The molecule has 7 heteroatoms. The van der Waals surface area contributed by atoms with Gasteiger partial charge in [-0.25, -0.2) is 0 Å². The van der Waals surface area contributed by atoms with Gasteiger partial charge in [0.25, 0.3) is 5.91 Å². The van der Waals surface area contributed by atoms with Crippen LogP contribution in [0.4, 0.5) is 0 Å². The van der Waals surface area contributed by atoms with Crippen molar-refractivity contribution in [2.24, 2.45) is 4.99 Å². The fourth-order valence-electron chi connectivity index (χ4n) is 2.24. The third-order valence-corrected chi connectivity index (χ3v) is 4.62. The number of hydrogen-bond acceptors (Lipinski definition) is 3. The smallest absolute Gasteiger partial charge is 0.251 e. The van der Waals surface area contributed by atoms with Gasteiger partial charge in [-0.1, -0.05) is 12.1 Å². The third-order valence-electron chi connectivity index (χ3n) is 3.59. The Kier molecular flexibility index (Phi) is 9.51. The molecule has 0 fully saturated rings. The molecule has 3 N–H and O–H groups in total. The molecule has 0 spiro atoms. The number of carbonyl (C=O) groups excluding carboxylic acids is 1. The number of aliphatic imine (C=N–C) groups is 1. The van der Waals surface area contributed by atoms with E-state index < -0.39 is 0 Å². The summed E-state index contributed by atoms with van der Waals surface area (Å²) in [6.45, 7) is 6.00. The molecular formula is C18H25IN4OS. The van der Waals surface area contributed by atoms with Crippen molar-refractivity contribution in [3.63, 3.8) is 0 Å². The number of guanidine groups is 1. The van der Waals surface area contributed by atoms with Crippen LogP contribution in [-0.4, -0.2) is 25.5 Å². The molecule has 1 aromatic carbocycles. The Morgan fingerprint density at radius 3 is 2.56 bits per heavy atom. The van der Waals surface area contributed by atoms with E-state index in [0.29, 0.717) is 18.7 Å². The Morgan fingerprint density at radius 1 is 1.16 bits per heavy atom. The van der Waals surface area contributed by atoms with E-state index >= 15 is 0 Å². The number of carbonyl (C=O) groups is 1. The number of rotatable bonds is 6. The Hall–Kier alpha value is -1.61. The van der Waals surface area contributed by atoms with Gasteiger partial charge in [0.2, 0.25) is 0 Å². The summed E-state index contributed by atoms with van der Waals surface area (Å²) in [7, 11) is 1.75. The lowest BCUT2D eigenvalue weighted by Crippen LogP contribution is -2.36. The Morgan fingerprint density at radius 2 is 1.92 bits per heavy atom. The van der Waals surface area contributed by atoms with E-state index in [2.05, 4.69) is 39.3 Å². The van der Waals surface area contributed by atoms with Crippen LogP contribution in [0, 0.1) is 6.92 Å². The van der Waals surface area contributed by atoms with Gasteiger partial charge in [-0.3, -0.25) is 9.79 Å². The van der Waals surface area contributed by atoms with E-state index in [9.17, 15) is 4.79 Å². The van der Waals surface area contributed by atoms with Gasteiger partial charge in [-0.2, -0.15) is 0 Å². The second-order valence-corrected chi connectivity index (χ2v) is 6.37. The van der Waals surface area contributed by atoms with Gasteiger partial charge in [0.1, 0.15) is 0 Å². The minimum Gasteiger partial charge on any atom is -0.352 e. The van der Waals surface area contributed by atoms with Crippen LogP contribution in [0.25, 0.3) is 0 Å². The topological polar surface area (TPSA) is 65.5 Å². The Bertz CT molecular complexity index is 715. The maximum Gasteiger partial charge on any atom is 0.251 e. The van der Waals surface area contributed by atoms with Crippen LogP contribution in [0.5, 0.6) is 0 Å². The average Bonchev–Trinajstić information content (AvgIpc) is 3.00. The summed E-state index contributed by atoms with van der Waals surface area (Å²) < 4.78 is 0. The molecule has 25 heavy (non-hydrogen) atoms. The first-order valence-corrected chi connectivity index (χ1v) is 8.86. The highest BCUT2D eigenvalue weighted by molar-refractivity contribution is 14.0. The van der Waals surface area contributed by atoms with Crippen LogP contribution in [-0.2, 0) is 13.1 Å². The van der Waals surface area contributed by atoms with Crippen LogP contribution in [0.3, 0.4) is 0 Å². The van der Waals surface area contributed by atoms with Crippen molar-refractivity contribution in [3.05, 3.63) is 57.3 Å². The summed E-state index contributed by atoms with van der Waals surface area (Å²) in [6, 6.07) is 9.72. The molecule has 0 radical (unpaired) electrons. The molecule has 0 unspecified atom stereocenters. The molecule has 136 valence electrons. The Balaban J connectivity index is 0.00000312. The van der Waals surface area contributed by atoms with Gasteiger partial charge in [0.05, 0.1) is 6.54 Å². The van der Waals surface area contributed by atoms with Crippen molar-refractivity contribution in [2.75, 3.05) is 13.6 Å². The zero-order chi connectivity index (χ0) is 17.4. The van der Waals surface area contributed by atoms with Crippen LogP contribution in [0.1, 0.15) is 33.3 Å². The molecule has 2 rings (SSSR count). The molecular weight excluding hydrogens is 447 g/mol. The lowest BCUT2D eigenvalue weighted by Gasteiger charge is -2.12. The largest absolute Gasteiger partial charge is 0.352 e. The van der Waals surface area contributed by atoms with Crippen LogP contribution in [0.2, 0.25) is 0 Å². The SMILES string of the molecule is CCNC(=O)c1cccc(CNC(=NC)NCc2sccc2C)c1.I. The molecule has 5 nitrogen and oxygen atoms in total. The normalized spacial score (nSPS) is 10.8. The molecule has 0 bridgehead atoms. The highest BCUT2D eigenvalue weighted by Gasteiger charge is 2.06. The average molecular weight is 472 g/mol. The maximum absolute atomic E-state index is 11.9. The van der Waals surface area contributed by atoms with Crippen molar-refractivity contribution < 1.29 is 4.79 Å². The summed E-state index contributed by atoms with van der Waals surface area (Å²) in [5.41, 5.74) is 3.00. The first-order valence-electron chi connectivity index (χ1n) is 7.98. The molecule has 0 atom stereocenters. The van der Waals surface area contributed by atoms with Crippen molar-refractivity contribution in [2.45, 2.75) is 26.9 Å². The number of thiophene rings is 1. The number of hydrogen-bond donors (Lipinski definition) is 3. The second kappa shape index (κ2) is 11.1. The molecule has 1 amide bonds. The van der Waals surface area contributed by atoms with Gasteiger partial charge in [0, 0.05) is 30.6 Å². The van der Waals surface area contributed by atoms with Gasteiger partial charge >= 0.3 is 0 Å². The first-order chi connectivity index (χ1) is 11.6. The van der Waals surface area contributed by atoms with E-state index in [-0.39, 0.29) is 29.9 Å². The molecule has 0 aliphatic heterocycles. The predicted molar refractivity (Wildman–Crippen MR) is 116 cm³/mol. The molecule has 0 saturated carbocycles. The van der Waals surface area contributed by atoms with Crippen molar-refractivity contribution in [1.29, 1.82) is 0 Å². The third kappa shape index (κ3) is 6.66. The molecule has 0 aliphatic rings. The van der Waals surface area contributed by atoms with E-state index in [1.165, 1.54) is 10.4 Å². The van der Waals surface area contributed by atoms with E-state index in [4.69, 9.17) is 0 Å². The van der Waals surface area contributed by atoms with E-state index in [1.807, 2.05) is 31.2 Å². The molecule has 1 heterocycles. The quantitative estimate of drug-likeness (QED) is 0.344. The summed E-state index contributed by atoms with van der Waals surface area (Å²) in [6.07, 6.45) is 0. The zero-order valence-corrected chi connectivity index (χ0v) is 17.9. The van der Waals surface area contributed by atoms with Crippen molar-refractivity contribution in [1.82, 2.24) is 16.0 Å². The summed E-state index contributed by atoms with van der Waals surface area (Å²) in [5.74, 6) is 0.696. The fourth-order valence-corrected chi connectivity index (χ4v) is 3.09. The predicted octanol–water partition coefficient (Wildman–Crippen LogP) is 3.29. The highest BCUT2D eigenvalue weighted by Crippen LogP contribution is 2.14. The number of halogens is 1. The molecule has 1 aromatic heterocycles. The minimum atomic E-state index is -0.0463. The van der Waals surface area contributed by atoms with Gasteiger partial charge < -0.3 is 16.0 Å². The molecule has 0 aliphatic carbocycles. The minimum absolute atomic E-state index is 0. The number of nitrogens with zero attached hydrogens (tertiary/aromatic N) is 1. The highest BCUT2D eigenvalue weighted by atomic mass is 127. The van der Waals surface area contributed by atoms with Gasteiger partial charge in [-0.05, 0) is 48.6 Å². The second-order valence-electron chi connectivity index (χ2n) is 5.37. The number of benzene rings is 1. The van der Waals surface area contributed by atoms with Crippen LogP contribution < -0.4 is 16.0 Å². The van der Waals surface area contributed by atoms with Gasteiger partial charge in [-0.15, -0.1) is 35.3 Å². The summed E-state index contributed by atoms with van der Waals surface area (Å²) in [4.78, 5) is 17.4. The number of nitrogens with one attached hydrogen (secondary N) is 3. The molecule has 0 saturated heterocycles. The van der Waals surface area contributed by atoms with Crippen LogP contribution in [0.15, 0.2) is 40.7 Å². The summed E-state index contributed by atoms with van der Waals surface area (Å²) >= 11 is 1.74. The first kappa shape index (κ1) is 21.4. The van der Waals surface area contributed by atoms with Gasteiger partial charge in [0.15, 0.2) is 5.96 Å². The molecule has 2 aromatic rings. The lowest BCUT2D eigenvalue weighted by atomic mass is 10.1. The van der Waals surface area contributed by atoms with Crippen molar-refractivity contribution in [3.8, 4) is 0 Å². The standard InChI is InChI=1S/C18H24N4OS.HI/c1-4-20-17(23)15-7-5-6-14(10-15)11-21-18(19-3)22-12-16-13(2)8-9-24-16;/h5-10H,4,11-12H2,1-3H3,(H,20,23)(H2,19,21,22);1H. The number of amides is 1. The lowest BCUT2D eigenvalue weighted by molar-refractivity contribution is 0.0955. The van der Waals surface area contributed by atoms with Crippen LogP contribution >= 0.6 is 35.3 Å². The maximum atomic E-state index is 11.9. The van der Waals surface area contributed by atoms with E-state index in [1.54, 1.807) is 18.4 Å². The van der Waals surface area contributed by atoms with E-state index in [0.717, 1.165) is 18.1 Å². The Labute approximate surface area is 170 Å². The monoisotopic (exact) mass is 472 g/mol. The number of aryl methyl sites for hydroxylation is 1. The fraction of sp³-hybridized carbons (Fsp3) is 0.333. The summed E-state index contributed by atoms with van der Waals surface area (Å²) in [5, 5.41) is 11.5.